The summed E-state index contributed by atoms with van der Waals surface area (Å²) < 4.78 is 0. The van der Waals surface area contributed by atoms with Gasteiger partial charge in [0.25, 0.3) is 0 Å². The van der Waals surface area contributed by atoms with E-state index in [1.54, 1.807) is 0 Å². The zero-order valence-electron chi connectivity index (χ0n) is 10.0. The van der Waals surface area contributed by atoms with E-state index in [1.165, 1.54) is 0 Å². The molecule has 2 N–H and O–H groups in total. The van der Waals surface area contributed by atoms with E-state index in [9.17, 15) is 4.79 Å². The molecule has 0 aromatic heterocycles. The van der Waals surface area contributed by atoms with Crippen LogP contribution in [-0.4, -0.2) is 30.0 Å². The number of carbonyl (C=O) groups is 1. The number of aryl methyl sites for hydroxylation is 1. The molecule has 1 atom stereocenters. The molecular weight excluding hydrogens is 232 g/mol. The Morgan fingerprint density at radius 2 is 2.47 bits per heavy atom. The van der Waals surface area contributed by atoms with Gasteiger partial charge in [0, 0.05) is 36.2 Å². The zero-order valence-corrected chi connectivity index (χ0v) is 10.8. The second-order valence-electron chi connectivity index (χ2n) is 4.35. The van der Waals surface area contributed by atoms with Gasteiger partial charge in [-0.1, -0.05) is 12.1 Å². The first-order valence-corrected chi connectivity index (χ1v) is 7.07. The lowest BCUT2D eigenvalue weighted by Gasteiger charge is -2.22. The quantitative estimate of drug-likeness (QED) is 0.862. The predicted octanol–water partition coefficient (Wildman–Crippen LogP) is 2.03. The molecule has 1 aliphatic heterocycles. The predicted molar refractivity (Wildman–Crippen MR) is 73.5 cm³/mol. The van der Waals surface area contributed by atoms with Gasteiger partial charge >= 0.3 is 0 Å². The number of rotatable bonds is 3. The highest BCUT2D eigenvalue weighted by molar-refractivity contribution is 7.99. The van der Waals surface area contributed by atoms with E-state index in [-0.39, 0.29) is 5.91 Å². The Morgan fingerprint density at radius 1 is 1.59 bits per heavy atom. The molecule has 1 unspecified atom stereocenters. The van der Waals surface area contributed by atoms with Gasteiger partial charge in [-0.25, -0.2) is 0 Å². The van der Waals surface area contributed by atoms with E-state index in [4.69, 9.17) is 0 Å². The van der Waals surface area contributed by atoms with Crippen LogP contribution in [0.5, 0.6) is 0 Å². The van der Waals surface area contributed by atoms with Crippen molar-refractivity contribution in [2.24, 2.45) is 0 Å². The van der Waals surface area contributed by atoms with Crippen LogP contribution in [0.2, 0.25) is 0 Å². The van der Waals surface area contributed by atoms with Crippen molar-refractivity contribution in [1.29, 1.82) is 0 Å². The second kappa shape index (κ2) is 6.07. The van der Waals surface area contributed by atoms with Gasteiger partial charge in [0.2, 0.25) is 5.91 Å². The molecule has 1 aromatic carbocycles. The highest BCUT2D eigenvalue weighted by Crippen LogP contribution is 2.13. The molecule has 0 radical (unpaired) electrons. The first-order chi connectivity index (χ1) is 8.24. The summed E-state index contributed by atoms with van der Waals surface area (Å²) in [6.07, 6.45) is 0.556. The molecular formula is C13H18N2OS. The molecule has 17 heavy (non-hydrogen) atoms. The molecule has 0 spiro atoms. The number of hydrogen-bond acceptors (Lipinski definition) is 3. The van der Waals surface area contributed by atoms with Crippen molar-refractivity contribution in [3.63, 3.8) is 0 Å². The lowest BCUT2D eigenvalue weighted by Crippen LogP contribution is -2.39. The van der Waals surface area contributed by atoms with E-state index < -0.39 is 0 Å². The van der Waals surface area contributed by atoms with Crippen LogP contribution in [0, 0.1) is 6.92 Å². The monoisotopic (exact) mass is 250 g/mol. The maximum Gasteiger partial charge on any atom is 0.225 e. The molecule has 0 bridgehead atoms. The Labute approximate surface area is 106 Å². The Balaban J connectivity index is 1.84. The number of anilines is 1. The molecule has 0 saturated carbocycles. The fraction of sp³-hybridized carbons (Fsp3) is 0.462. The largest absolute Gasteiger partial charge is 0.326 e. The maximum atomic E-state index is 11.8. The SMILES string of the molecule is Cc1cccc(NC(=O)CC2CSCCN2)c1. The zero-order chi connectivity index (χ0) is 12.1. The summed E-state index contributed by atoms with van der Waals surface area (Å²) in [5.41, 5.74) is 2.05. The molecule has 1 aliphatic rings. The minimum atomic E-state index is 0.0931. The number of hydrogen-bond donors (Lipinski definition) is 2. The van der Waals surface area contributed by atoms with Crippen LogP contribution in [-0.2, 0) is 4.79 Å². The third-order valence-electron chi connectivity index (χ3n) is 2.73. The lowest BCUT2D eigenvalue weighted by molar-refractivity contribution is -0.116. The van der Waals surface area contributed by atoms with Gasteiger partial charge in [-0.3, -0.25) is 4.79 Å². The van der Waals surface area contributed by atoms with E-state index >= 15 is 0 Å². The summed E-state index contributed by atoms with van der Waals surface area (Å²) in [6.45, 7) is 3.03. The molecule has 1 heterocycles. The van der Waals surface area contributed by atoms with Crippen molar-refractivity contribution < 1.29 is 4.79 Å². The van der Waals surface area contributed by atoms with Crippen LogP contribution in [0.15, 0.2) is 24.3 Å². The molecule has 92 valence electrons. The average Bonchev–Trinajstić information content (AvgIpc) is 2.30. The highest BCUT2D eigenvalue weighted by Gasteiger charge is 2.16. The van der Waals surface area contributed by atoms with Gasteiger partial charge in [-0.15, -0.1) is 0 Å². The Morgan fingerprint density at radius 3 is 3.18 bits per heavy atom. The number of nitrogens with one attached hydrogen (secondary N) is 2. The standard InChI is InChI=1S/C13H18N2OS/c1-10-3-2-4-11(7-10)15-13(16)8-12-9-17-6-5-14-12/h2-4,7,12,14H,5-6,8-9H2,1H3,(H,15,16). The van der Waals surface area contributed by atoms with Crippen molar-refractivity contribution in [3.05, 3.63) is 29.8 Å². The van der Waals surface area contributed by atoms with Crippen LogP contribution in [0.4, 0.5) is 5.69 Å². The number of amides is 1. The van der Waals surface area contributed by atoms with Crippen molar-refractivity contribution in [1.82, 2.24) is 5.32 Å². The van der Waals surface area contributed by atoms with Gasteiger partial charge in [0.1, 0.15) is 0 Å². The molecule has 1 saturated heterocycles. The summed E-state index contributed by atoms with van der Waals surface area (Å²) in [7, 11) is 0. The lowest BCUT2D eigenvalue weighted by atomic mass is 10.2. The minimum absolute atomic E-state index is 0.0931. The summed E-state index contributed by atoms with van der Waals surface area (Å²) in [4.78, 5) is 11.8. The van der Waals surface area contributed by atoms with Gasteiger partial charge in [-0.2, -0.15) is 11.8 Å². The molecule has 2 rings (SSSR count). The van der Waals surface area contributed by atoms with Crippen molar-refractivity contribution >= 4 is 23.4 Å². The topological polar surface area (TPSA) is 41.1 Å². The summed E-state index contributed by atoms with van der Waals surface area (Å²) in [6, 6.07) is 8.21. The van der Waals surface area contributed by atoms with E-state index in [2.05, 4.69) is 10.6 Å². The smallest absolute Gasteiger partial charge is 0.225 e. The molecule has 1 aromatic rings. The molecule has 3 nitrogen and oxygen atoms in total. The van der Waals surface area contributed by atoms with Crippen molar-refractivity contribution in [2.45, 2.75) is 19.4 Å². The number of carbonyl (C=O) groups excluding carboxylic acids is 1. The fourth-order valence-corrected chi connectivity index (χ4v) is 2.86. The molecule has 4 heteroatoms. The van der Waals surface area contributed by atoms with Gasteiger partial charge < -0.3 is 10.6 Å². The van der Waals surface area contributed by atoms with Gasteiger partial charge in [0.05, 0.1) is 0 Å². The first-order valence-electron chi connectivity index (χ1n) is 5.92. The van der Waals surface area contributed by atoms with E-state index in [1.807, 2.05) is 43.0 Å². The van der Waals surface area contributed by atoms with E-state index in [0.29, 0.717) is 12.5 Å². The molecule has 1 amide bonds. The highest BCUT2D eigenvalue weighted by atomic mass is 32.2. The third-order valence-corrected chi connectivity index (χ3v) is 3.86. The first kappa shape index (κ1) is 12.5. The minimum Gasteiger partial charge on any atom is -0.326 e. The van der Waals surface area contributed by atoms with Crippen LogP contribution in [0.1, 0.15) is 12.0 Å². The Kier molecular flexibility index (Phi) is 4.45. The normalized spacial score (nSPS) is 19.9. The van der Waals surface area contributed by atoms with Crippen LogP contribution >= 0.6 is 11.8 Å². The van der Waals surface area contributed by atoms with Gasteiger partial charge in [-0.05, 0) is 24.6 Å². The van der Waals surface area contributed by atoms with E-state index in [0.717, 1.165) is 29.3 Å². The van der Waals surface area contributed by atoms with Crippen LogP contribution < -0.4 is 10.6 Å². The van der Waals surface area contributed by atoms with Crippen molar-refractivity contribution in [3.8, 4) is 0 Å². The maximum absolute atomic E-state index is 11.8. The third kappa shape index (κ3) is 4.06. The molecule has 0 aliphatic carbocycles. The average molecular weight is 250 g/mol. The fourth-order valence-electron chi connectivity index (χ4n) is 1.91. The van der Waals surface area contributed by atoms with Crippen molar-refractivity contribution in [2.75, 3.05) is 23.4 Å². The second-order valence-corrected chi connectivity index (χ2v) is 5.50. The van der Waals surface area contributed by atoms with Crippen LogP contribution in [0.3, 0.4) is 0 Å². The summed E-state index contributed by atoms with van der Waals surface area (Å²) in [5, 5.41) is 6.31. The Hall–Kier alpha value is -1.00. The summed E-state index contributed by atoms with van der Waals surface area (Å²) >= 11 is 1.91. The Bertz CT molecular complexity index is 389. The molecule has 1 fully saturated rings. The van der Waals surface area contributed by atoms with Gasteiger partial charge in [0.15, 0.2) is 0 Å². The van der Waals surface area contributed by atoms with Crippen LogP contribution in [0.25, 0.3) is 0 Å². The number of thioether (sulfide) groups is 1. The number of benzene rings is 1. The summed E-state index contributed by atoms with van der Waals surface area (Å²) in [5.74, 6) is 2.27.